The lowest BCUT2D eigenvalue weighted by atomic mass is 10.2. The van der Waals surface area contributed by atoms with Crippen LogP contribution < -0.4 is 5.73 Å². The van der Waals surface area contributed by atoms with Crippen molar-refractivity contribution in [3.05, 3.63) is 21.9 Å². The molecule has 0 spiro atoms. The van der Waals surface area contributed by atoms with Crippen LogP contribution in [0.15, 0.2) is 11.4 Å². The van der Waals surface area contributed by atoms with Crippen LogP contribution in [0, 0.1) is 11.8 Å². The number of nitrogens with zero attached hydrogens (tertiary/aromatic N) is 1. The predicted molar refractivity (Wildman–Crippen MR) is 72.5 cm³/mol. The lowest BCUT2D eigenvalue weighted by molar-refractivity contribution is -0.143. The highest BCUT2D eigenvalue weighted by molar-refractivity contribution is 7.10. The lowest BCUT2D eigenvalue weighted by Crippen LogP contribution is -2.43. The summed E-state index contributed by atoms with van der Waals surface area (Å²) in [4.78, 5) is 13.5. The predicted octanol–water partition coefficient (Wildman–Crippen LogP) is 2.47. The molecule has 0 saturated heterocycles. The molecule has 2 N–H and O–H groups in total. The summed E-state index contributed by atoms with van der Waals surface area (Å²) in [6.45, 7) is 2.02. The number of alkyl halides is 3. The molecule has 0 atom stereocenters. The van der Waals surface area contributed by atoms with E-state index in [9.17, 15) is 18.0 Å². The Balaban J connectivity index is 2.92. The molecule has 0 bridgehead atoms. The zero-order valence-electron chi connectivity index (χ0n) is 11.1. The Hall–Kier alpha value is -1.52. The molecular formula is C13H15F3N2OS. The maximum absolute atomic E-state index is 12.5. The van der Waals surface area contributed by atoms with Crippen LogP contribution in [-0.2, 0) is 0 Å². The van der Waals surface area contributed by atoms with Crippen LogP contribution in [0.1, 0.15) is 29.1 Å². The number of carbonyl (C=O) groups excluding carboxylic acids is 1. The smallest absolute Gasteiger partial charge is 0.327 e. The minimum atomic E-state index is -4.42. The zero-order valence-corrected chi connectivity index (χ0v) is 11.9. The molecule has 0 aromatic carbocycles. The quantitative estimate of drug-likeness (QED) is 0.872. The molecule has 0 fully saturated rings. The molecule has 0 aliphatic carbocycles. The molecule has 1 amide bonds. The second-order valence-electron chi connectivity index (χ2n) is 4.35. The van der Waals surface area contributed by atoms with Gasteiger partial charge in [0.1, 0.15) is 6.54 Å². The van der Waals surface area contributed by atoms with Gasteiger partial charge < -0.3 is 10.6 Å². The summed E-state index contributed by atoms with van der Waals surface area (Å²) in [7, 11) is 0. The van der Waals surface area contributed by atoms with E-state index in [-0.39, 0.29) is 12.1 Å². The molecule has 110 valence electrons. The number of hydrogen-bond acceptors (Lipinski definition) is 3. The van der Waals surface area contributed by atoms with E-state index in [0.29, 0.717) is 4.88 Å². The lowest BCUT2D eigenvalue weighted by Gasteiger charge is -2.27. The maximum Gasteiger partial charge on any atom is 0.406 e. The standard InChI is InChI=1S/C13H15F3N2OS/c1-9(2)18(8-13(14,15)16)12(19)10-6-11(20-7-10)4-3-5-17/h6-7,9H,5,8,17H2,1-2H3. The van der Waals surface area contributed by atoms with Crippen molar-refractivity contribution in [3.63, 3.8) is 0 Å². The van der Waals surface area contributed by atoms with Gasteiger partial charge in [-0.25, -0.2) is 0 Å². The molecule has 1 aromatic heterocycles. The Morgan fingerprint density at radius 2 is 2.15 bits per heavy atom. The minimum Gasteiger partial charge on any atom is -0.327 e. The van der Waals surface area contributed by atoms with Crippen molar-refractivity contribution >= 4 is 17.2 Å². The third kappa shape index (κ3) is 4.87. The average molecular weight is 304 g/mol. The second kappa shape index (κ2) is 6.77. The molecule has 0 aliphatic rings. The molecule has 0 aliphatic heterocycles. The van der Waals surface area contributed by atoms with Gasteiger partial charge in [-0.05, 0) is 19.9 Å². The molecule has 0 radical (unpaired) electrons. The summed E-state index contributed by atoms with van der Waals surface area (Å²) in [5, 5.41) is 1.51. The Labute approximate surface area is 119 Å². The fourth-order valence-electron chi connectivity index (χ4n) is 1.50. The summed E-state index contributed by atoms with van der Waals surface area (Å²) in [6.07, 6.45) is -4.42. The first-order chi connectivity index (χ1) is 9.24. The SMILES string of the molecule is CC(C)N(CC(F)(F)F)C(=O)c1csc(C#CCN)c1. The van der Waals surface area contributed by atoms with Crippen molar-refractivity contribution in [2.45, 2.75) is 26.1 Å². The monoisotopic (exact) mass is 304 g/mol. The van der Waals surface area contributed by atoms with Crippen molar-refractivity contribution in [3.8, 4) is 11.8 Å². The Morgan fingerprint density at radius 1 is 1.50 bits per heavy atom. The van der Waals surface area contributed by atoms with E-state index in [4.69, 9.17) is 5.73 Å². The van der Waals surface area contributed by atoms with E-state index in [1.54, 1.807) is 13.8 Å². The van der Waals surface area contributed by atoms with Crippen molar-refractivity contribution < 1.29 is 18.0 Å². The highest BCUT2D eigenvalue weighted by Gasteiger charge is 2.34. The van der Waals surface area contributed by atoms with Crippen molar-refractivity contribution in [1.29, 1.82) is 0 Å². The fraction of sp³-hybridized carbons (Fsp3) is 0.462. The van der Waals surface area contributed by atoms with E-state index in [2.05, 4.69) is 11.8 Å². The topological polar surface area (TPSA) is 46.3 Å². The Bertz CT molecular complexity index is 526. The third-order valence-corrected chi connectivity index (χ3v) is 3.24. The number of nitrogens with two attached hydrogens (primary N) is 1. The molecular weight excluding hydrogens is 289 g/mol. The highest BCUT2D eigenvalue weighted by atomic mass is 32.1. The van der Waals surface area contributed by atoms with E-state index in [1.807, 2.05) is 0 Å². The Kier molecular flexibility index (Phi) is 5.60. The summed E-state index contributed by atoms with van der Waals surface area (Å²) >= 11 is 1.21. The largest absolute Gasteiger partial charge is 0.406 e. The van der Waals surface area contributed by atoms with Crippen LogP contribution in [0.5, 0.6) is 0 Å². The zero-order chi connectivity index (χ0) is 15.3. The number of halogens is 3. The number of hydrogen-bond donors (Lipinski definition) is 1. The molecule has 1 heterocycles. The molecule has 20 heavy (non-hydrogen) atoms. The van der Waals surface area contributed by atoms with Crippen LogP contribution in [0.25, 0.3) is 0 Å². The average Bonchev–Trinajstić information content (AvgIpc) is 2.80. The van der Waals surface area contributed by atoms with Gasteiger partial charge in [0.2, 0.25) is 0 Å². The van der Waals surface area contributed by atoms with Gasteiger partial charge in [-0.1, -0.05) is 11.8 Å². The van der Waals surface area contributed by atoms with E-state index in [0.717, 1.165) is 4.90 Å². The summed E-state index contributed by atoms with van der Waals surface area (Å²) < 4.78 is 37.5. The van der Waals surface area contributed by atoms with Gasteiger partial charge in [-0.3, -0.25) is 4.79 Å². The van der Waals surface area contributed by atoms with Crippen LogP contribution in [0.4, 0.5) is 13.2 Å². The highest BCUT2D eigenvalue weighted by Crippen LogP contribution is 2.22. The van der Waals surface area contributed by atoms with Gasteiger partial charge in [-0.15, -0.1) is 11.3 Å². The minimum absolute atomic E-state index is 0.188. The molecule has 0 unspecified atom stereocenters. The fourth-order valence-corrected chi connectivity index (χ4v) is 2.25. The number of carbonyl (C=O) groups is 1. The molecule has 0 saturated carbocycles. The first kappa shape index (κ1) is 16.5. The van der Waals surface area contributed by atoms with Crippen LogP contribution >= 0.6 is 11.3 Å². The summed E-state index contributed by atoms with van der Waals surface area (Å²) in [6, 6.07) is 0.948. The van der Waals surface area contributed by atoms with Gasteiger partial charge in [0, 0.05) is 11.4 Å². The summed E-state index contributed by atoms with van der Waals surface area (Å²) in [5.41, 5.74) is 5.45. The van der Waals surface area contributed by atoms with Crippen molar-refractivity contribution in [2.24, 2.45) is 5.73 Å². The second-order valence-corrected chi connectivity index (χ2v) is 5.26. The molecule has 7 heteroatoms. The van der Waals surface area contributed by atoms with Crippen LogP contribution in [0.2, 0.25) is 0 Å². The summed E-state index contributed by atoms with van der Waals surface area (Å²) in [5.74, 6) is 4.73. The van der Waals surface area contributed by atoms with Gasteiger partial charge in [0.25, 0.3) is 5.91 Å². The van der Waals surface area contributed by atoms with E-state index < -0.39 is 24.7 Å². The number of thiophene rings is 1. The van der Waals surface area contributed by atoms with Crippen molar-refractivity contribution in [2.75, 3.05) is 13.1 Å². The number of rotatable bonds is 3. The number of amides is 1. The van der Waals surface area contributed by atoms with E-state index >= 15 is 0 Å². The Morgan fingerprint density at radius 3 is 2.65 bits per heavy atom. The first-order valence-electron chi connectivity index (χ1n) is 5.90. The van der Waals surface area contributed by atoms with Gasteiger partial charge >= 0.3 is 6.18 Å². The normalized spacial score (nSPS) is 11.2. The van der Waals surface area contributed by atoms with Crippen molar-refractivity contribution in [1.82, 2.24) is 4.90 Å². The van der Waals surface area contributed by atoms with Gasteiger partial charge in [0.15, 0.2) is 0 Å². The van der Waals surface area contributed by atoms with Crippen LogP contribution in [0.3, 0.4) is 0 Å². The first-order valence-corrected chi connectivity index (χ1v) is 6.77. The molecule has 1 aromatic rings. The molecule has 1 rings (SSSR count). The van der Waals surface area contributed by atoms with Gasteiger partial charge in [-0.2, -0.15) is 13.2 Å². The maximum atomic E-state index is 12.5. The molecule has 3 nitrogen and oxygen atoms in total. The third-order valence-electron chi connectivity index (χ3n) is 2.39. The van der Waals surface area contributed by atoms with Gasteiger partial charge in [0.05, 0.1) is 17.0 Å². The van der Waals surface area contributed by atoms with E-state index in [1.165, 1.54) is 22.8 Å². The van der Waals surface area contributed by atoms with Crippen LogP contribution in [-0.4, -0.2) is 36.1 Å².